The Morgan fingerprint density at radius 3 is 1.53 bits per heavy atom. The van der Waals surface area contributed by atoms with Gasteiger partial charge < -0.3 is 9.47 Å². The predicted octanol–water partition coefficient (Wildman–Crippen LogP) is 5.13. The first-order valence-electron chi connectivity index (χ1n) is 10.8. The second-order valence-corrected chi connectivity index (χ2v) is 8.91. The van der Waals surface area contributed by atoms with Gasteiger partial charge in [-0.15, -0.1) is 0 Å². The Morgan fingerprint density at radius 1 is 0.676 bits per heavy atom. The minimum atomic E-state index is -0.671. The molecule has 0 radical (unpaired) electrons. The number of thioether (sulfide) groups is 1. The van der Waals surface area contributed by atoms with Gasteiger partial charge in [0.2, 0.25) is 5.12 Å². The SMILES string of the molecule is O=C(SC1CN(C(=O)OCc2ccccc2)N(C(=O)OCc2ccccc2)C1)c1ccccc1. The molecular formula is C26H24N2O5S. The van der Waals surface area contributed by atoms with Gasteiger partial charge in [-0.05, 0) is 11.1 Å². The van der Waals surface area contributed by atoms with E-state index in [0.29, 0.717) is 5.56 Å². The number of hydrazine groups is 1. The van der Waals surface area contributed by atoms with E-state index in [1.807, 2.05) is 66.7 Å². The lowest BCUT2D eigenvalue weighted by Crippen LogP contribution is -2.45. The summed E-state index contributed by atoms with van der Waals surface area (Å²) in [5.41, 5.74) is 2.23. The number of rotatable bonds is 6. The van der Waals surface area contributed by atoms with E-state index < -0.39 is 12.2 Å². The fraction of sp³-hybridized carbons (Fsp3) is 0.192. The molecule has 0 atom stereocenters. The van der Waals surface area contributed by atoms with Crippen molar-refractivity contribution < 1.29 is 23.9 Å². The van der Waals surface area contributed by atoms with Gasteiger partial charge in [-0.3, -0.25) is 4.79 Å². The topological polar surface area (TPSA) is 76.2 Å². The summed E-state index contributed by atoms with van der Waals surface area (Å²) in [6, 6.07) is 27.5. The average molecular weight is 477 g/mol. The summed E-state index contributed by atoms with van der Waals surface area (Å²) in [5.74, 6) is 0. The highest BCUT2D eigenvalue weighted by molar-refractivity contribution is 8.14. The van der Waals surface area contributed by atoms with Gasteiger partial charge in [0, 0.05) is 5.56 Å². The number of amides is 2. The van der Waals surface area contributed by atoms with Crippen LogP contribution in [0.15, 0.2) is 91.0 Å². The molecule has 0 saturated carbocycles. The van der Waals surface area contributed by atoms with Gasteiger partial charge in [0.05, 0.1) is 18.3 Å². The van der Waals surface area contributed by atoms with Crippen molar-refractivity contribution >= 4 is 29.1 Å². The molecular weight excluding hydrogens is 452 g/mol. The number of nitrogens with zero attached hydrogens (tertiary/aromatic N) is 2. The molecule has 0 aliphatic carbocycles. The molecule has 1 heterocycles. The third-order valence-electron chi connectivity index (χ3n) is 5.16. The first-order valence-corrected chi connectivity index (χ1v) is 11.7. The van der Waals surface area contributed by atoms with Crippen molar-refractivity contribution in [3.63, 3.8) is 0 Å². The molecule has 1 aliphatic heterocycles. The summed E-state index contributed by atoms with van der Waals surface area (Å²) >= 11 is 1.09. The van der Waals surface area contributed by atoms with E-state index in [1.54, 1.807) is 24.3 Å². The van der Waals surface area contributed by atoms with Crippen LogP contribution in [0.25, 0.3) is 0 Å². The standard InChI is InChI=1S/C26H24N2O5S/c29-24(22-14-8-3-9-15-22)34-23-16-27(25(30)32-18-20-10-4-1-5-11-20)28(17-23)26(31)33-19-21-12-6-2-7-13-21/h1-15,23H,16-19H2. The number of benzene rings is 3. The second kappa shape index (κ2) is 11.4. The van der Waals surface area contributed by atoms with Gasteiger partial charge in [-0.25, -0.2) is 19.6 Å². The van der Waals surface area contributed by atoms with Gasteiger partial charge >= 0.3 is 12.2 Å². The predicted molar refractivity (Wildman–Crippen MR) is 129 cm³/mol. The third-order valence-corrected chi connectivity index (χ3v) is 6.24. The molecule has 7 nitrogen and oxygen atoms in total. The normalized spacial score (nSPS) is 13.5. The maximum atomic E-state index is 12.9. The van der Waals surface area contributed by atoms with Crippen molar-refractivity contribution in [1.29, 1.82) is 0 Å². The summed E-state index contributed by atoms with van der Waals surface area (Å²) in [7, 11) is 0. The van der Waals surface area contributed by atoms with Crippen molar-refractivity contribution in [2.24, 2.45) is 0 Å². The van der Waals surface area contributed by atoms with Crippen LogP contribution in [0.1, 0.15) is 21.5 Å². The largest absolute Gasteiger partial charge is 0.443 e. The van der Waals surface area contributed by atoms with Crippen LogP contribution in [-0.2, 0) is 22.7 Å². The van der Waals surface area contributed by atoms with Crippen molar-refractivity contribution in [3.8, 4) is 0 Å². The zero-order valence-corrected chi connectivity index (χ0v) is 19.2. The third kappa shape index (κ3) is 6.17. The van der Waals surface area contributed by atoms with Gasteiger partial charge in [-0.2, -0.15) is 0 Å². The Kier molecular flexibility index (Phi) is 7.83. The summed E-state index contributed by atoms with van der Waals surface area (Å²) in [4.78, 5) is 38.4. The zero-order chi connectivity index (χ0) is 23.8. The van der Waals surface area contributed by atoms with Gasteiger partial charge in [0.25, 0.3) is 0 Å². The summed E-state index contributed by atoms with van der Waals surface area (Å²) in [6.45, 7) is 0.447. The maximum Gasteiger partial charge on any atom is 0.429 e. The Hall–Kier alpha value is -3.78. The Labute approximate surface area is 202 Å². The number of carbonyl (C=O) groups is 3. The fourth-order valence-corrected chi connectivity index (χ4v) is 4.45. The Bertz CT molecular complexity index is 1050. The molecule has 34 heavy (non-hydrogen) atoms. The summed E-state index contributed by atoms with van der Waals surface area (Å²) in [5, 5.41) is 1.99. The molecule has 0 bridgehead atoms. The number of hydrogen-bond donors (Lipinski definition) is 0. The highest BCUT2D eigenvalue weighted by atomic mass is 32.2. The minimum Gasteiger partial charge on any atom is -0.443 e. The van der Waals surface area contributed by atoms with Crippen LogP contribution in [0.2, 0.25) is 0 Å². The van der Waals surface area contributed by atoms with Crippen molar-refractivity contribution in [2.75, 3.05) is 13.1 Å². The van der Waals surface area contributed by atoms with E-state index in [1.165, 1.54) is 10.0 Å². The van der Waals surface area contributed by atoms with E-state index in [0.717, 1.165) is 22.9 Å². The lowest BCUT2D eigenvalue weighted by atomic mass is 10.2. The van der Waals surface area contributed by atoms with Crippen LogP contribution < -0.4 is 0 Å². The lowest BCUT2D eigenvalue weighted by Gasteiger charge is -2.26. The first kappa shape index (κ1) is 23.4. The average Bonchev–Trinajstić information content (AvgIpc) is 3.31. The monoisotopic (exact) mass is 476 g/mol. The van der Waals surface area contributed by atoms with Gasteiger partial charge in [0.15, 0.2) is 0 Å². The number of ether oxygens (including phenoxy) is 2. The van der Waals surface area contributed by atoms with Crippen LogP contribution in [0.4, 0.5) is 9.59 Å². The molecule has 174 valence electrons. The molecule has 3 aromatic rings. The molecule has 1 saturated heterocycles. The van der Waals surface area contributed by atoms with Crippen molar-refractivity contribution in [2.45, 2.75) is 18.5 Å². The van der Waals surface area contributed by atoms with E-state index >= 15 is 0 Å². The molecule has 8 heteroatoms. The van der Waals surface area contributed by atoms with Gasteiger partial charge in [0.1, 0.15) is 13.2 Å². The van der Waals surface area contributed by atoms with E-state index in [2.05, 4.69) is 0 Å². The zero-order valence-electron chi connectivity index (χ0n) is 18.4. The molecule has 0 unspecified atom stereocenters. The second-order valence-electron chi connectivity index (χ2n) is 7.64. The molecule has 3 aromatic carbocycles. The molecule has 1 aliphatic rings. The molecule has 2 amide bonds. The molecule has 0 spiro atoms. The summed E-state index contributed by atoms with van der Waals surface area (Å²) in [6.07, 6.45) is -1.34. The molecule has 4 rings (SSSR count). The first-order chi connectivity index (χ1) is 16.6. The van der Waals surface area contributed by atoms with Crippen LogP contribution >= 0.6 is 11.8 Å². The van der Waals surface area contributed by atoms with E-state index in [4.69, 9.17) is 9.47 Å². The quantitative estimate of drug-likeness (QED) is 0.491. The van der Waals surface area contributed by atoms with E-state index in [9.17, 15) is 14.4 Å². The lowest BCUT2D eigenvalue weighted by molar-refractivity contribution is 0.00184. The Morgan fingerprint density at radius 2 is 1.09 bits per heavy atom. The van der Waals surface area contributed by atoms with Crippen LogP contribution in [-0.4, -0.2) is 45.7 Å². The maximum absolute atomic E-state index is 12.9. The Balaban J connectivity index is 1.42. The highest BCUT2D eigenvalue weighted by Crippen LogP contribution is 2.27. The van der Waals surface area contributed by atoms with Crippen LogP contribution in [0.5, 0.6) is 0 Å². The van der Waals surface area contributed by atoms with Crippen molar-refractivity contribution in [1.82, 2.24) is 10.0 Å². The minimum absolute atomic E-state index is 0.0732. The smallest absolute Gasteiger partial charge is 0.429 e. The molecule has 0 N–H and O–H groups in total. The van der Waals surface area contributed by atoms with Gasteiger partial charge in [-0.1, -0.05) is 103 Å². The highest BCUT2D eigenvalue weighted by Gasteiger charge is 2.40. The molecule has 0 aromatic heterocycles. The van der Waals surface area contributed by atoms with Crippen LogP contribution in [0.3, 0.4) is 0 Å². The number of hydrogen-bond acceptors (Lipinski definition) is 6. The van der Waals surface area contributed by atoms with Crippen LogP contribution in [0, 0.1) is 0 Å². The summed E-state index contributed by atoms with van der Waals surface area (Å²) < 4.78 is 10.9. The van der Waals surface area contributed by atoms with E-state index in [-0.39, 0.29) is 36.7 Å². The molecule has 1 fully saturated rings. The van der Waals surface area contributed by atoms with Crippen molar-refractivity contribution in [3.05, 3.63) is 108 Å². The number of carbonyl (C=O) groups excluding carboxylic acids is 3. The fourth-order valence-electron chi connectivity index (χ4n) is 3.44.